The third kappa shape index (κ3) is 45.9. The molecule has 0 aliphatic carbocycles. The highest BCUT2D eigenvalue weighted by Gasteiger charge is 2.19. The molecule has 0 aromatic carbocycles. The first kappa shape index (κ1) is 58.4. The number of hydrogen-bond acceptors (Lipinski definition) is 6. The number of carbonyl (C=O) groups is 3. The summed E-state index contributed by atoms with van der Waals surface area (Å²) in [5.41, 5.74) is 0. The molecule has 0 aliphatic heterocycles. The summed E-state index contributed by atoms with van der Waals surface area (Å²) in [6.07, 6.45) is 47.9. The highest BCUT2D eigenvalue weighted by Crippen LogP contribution is 2.18. The number of unbranched alkanes of at least 4 members (excludes halogenated alkanes) is 32. The normalized spacial score (nSPS) is 12.5. The molecule has 0 saturated heterocycles. The van der Waals surface area contributed by atoms with E-state index in [2.05, 4.69) is 34.6 Å². The van der Waals surface area contributed by atoms with Gasteiger partial charge in [-0.15, -0.1) is 0 Å². The van der Waals surface area contributed by atoms with Gasteiger partial charge < -0.3 is 14.2 Å². The highest BCUT2D eigenvalue weighted by molar-refractivity contribution is 5.71. The van der Waals surface area contributed by atoms with Gasteiger partial charge in [-0.25, -0.2) is 0 Å². The maximum Gasteiger partial charge on any atom is 0.306 e. The summed E-state index contributed by atoms with van der Waals surface area (Å²) in [5, 5.41) is 0. The Bertz CT molecular complexity index is 918. The van der Waals surface area contributed by atoms with E-state index in [-0.39, 0.29) is 31.1 Å². The van der Waals surface area contributed by atoms with Crippen LogP contribution in [0.1, 0.15) is 298 Å². The second kappa shape index (κ2) is 46.9. The number of esters is 3. The Kier molecular flexibility index (Phi) is 45.7. The molecule has 0 fully saturated rings. The van der Waals surface area contributed by atoms with E-state index in [1.807, 2.05) is 0 Å². The zero-order valence-corrected chi connectivity index (χ0v) is 41.1. The Balaban J connectivity index is 4.29. The van der Waals surface area contributed by atoms with Gasteiger partial charge >= 0.3 is 17.9 Å². The van der Waals surface area contributed by atoms with E-state index >= 15 is 0 Å². The minimum atomic E-state index is -0.761. The van der Waals surface area contributed by atoms with Crippen molar-refractivity contribution in [3.63, 3.8) is 0 Å². The van der Waals surface area contributed by atoms with Gasteiger partial charge in [-0.1, -0.05) is 259 Å². The molecule has 0 aromatic heterocycles. The van der Waals surface area contributed by atoms with Crippen molar-refractivity contribution in [1.29, 1.82) is 0 Å². The highest BCUT2D eigenvalue weighted by atomic mass is 16.6. The quantitative estimate of drug-likeness (QED) is 0.0345. The van der Waals surface area contributed by atoms with Crippen LogP contribution in [0.3, 0.4) is 0 Å². The van der Waals surface area contributed by atoms with E-state index in [1.165, 1.54) is 186 Å². The monoisotopic (exact) mass is 849 g/mol. The van der Waals surface area contributed by atoms with Crippen molar-refractivity contribution in [1.82, 2.24) is 0 Å². The molecule has 6 nitrogen and oxygen atoms in total. The van der Waals surface area contributed by atoms with Crippen LogP contribution in [0.15, 0.2) is 0 Å². The molecule has 6 heteroatoms. The molecule has 0 rings (SSSR count). The summed E-state index contributed by atoms with van der Waals surface area (Å²) < 4.78 is 16.8. The number of carbonyl (C=O) groups excluding carboxylic acids is 3. The lowest BCUT2D eigenvalue weighted by Crippen LogP contribution is -2.30. The summed E-state index contributed by atoms with van der Waals surface area (Å²) in [6, 6.07) is 0. The molecule has 0 amide bonds. The predicted molar refractivity (Wildman–Crippen MR) is 256 cm³/mol. The van der Waals surface area contributed by atoms with Crippen molar-refractivity contribution in [2.75, 3.05) is 13.2 Å². The van der Waals surface area contributed by atoms with Gasteiger partial charge in [0.05, 0.1) is 0 Å². The summed E-state index contributed by atoms with van der Waals surface area (Å²) in [7, 11) is 0. The lowest BCUT2D eigenvalue weighted by molar-refractivity contribution is -0.167. The maximum absolute atomic E-state index is 12.8. The number of rotatable bonds is 48. The molecule has 0 N–H and O–H groups in total. The Morgan fingerprint density at radius 2 is 0.633 bits per heavy atom. The summed E-state index contributed by atoms with van der Waals surface area (Å²) in [6.45, 7) is 11.4. The van der Waals surface area contributed by atoms with E-state index < -0.39 is 6.10 Å². The molecule has 0 radical (unpaired) electrons. The van der Waals surface area contributed by atoms with Crippen molar-refractivity contribution in [2.45, 2.75) is 304 Å². The largest absolute Gasteiger partial charge is 0.462 e. The number of ether oxygens (including phenoxy) is 3. The molecule has 356 valence electrons. The van der Waals surface area contributed by atoms with Gasteiger partial charge in [-0.2, -0.15) is 0 Å². The summed E-state index contributed by atoms with van der Waals surface area (Å²) in [5.74, 6) is 0.866. The second-order valence-corrected chi connectivity index (χ2v) is 19.2. The van der Waals surface area contributed by atoms with E-state index in [1.54, 1.807) is 0 Å². The van der Waals surface area contributed by atoms with E-state index in [9.17, 15) is 14.4 Å². The van der Waals surface area contributed by atoms with Crippen LogP contribution >= 0.6 is 0 Å². The maximum atomic E-state index is 12.8. The van der Waals surface area contributed by atoms with Gasteiger partial charge in [-0.3, -0.25) is 14.4 Å². The Labute approximate surface area is 374 Å². The molecular formula is C54H104O6. The van der Waals surface area contributed by atoms with Gasteiger partial charge in [0.1, 0.15) is 13.2 Å². The lowest BCUT2D eigenvalue weighted by atomic mass is 9.99. The number of hydrogen-bond donors (Lipinski definition) is 0. The first-order valence-electron chi connectivity index (χ1n) is 26.8. The molecule has 0 aliphatic rings. The van der Waals surface area contributed by atoms with Gasteiger partial charge in [0, 0.05) is 19.3 Å². The van der Waals surface area contributed by atoms with Crippen LogP contribution in [0.5, 0.6) is 0 Å². The van der Waals surface area contributed by atoms with E-state index in [0.717, 1.165) is 69.6 Å². The Hall–Kier alpha value is -1.59. The summed E-state index contributed by atoms with van der Waals surface area (Å²) >= 11 is 0. The van der Waals surface area contributed by atoms with Crippen LogP contribution in [0, 0.1) is 11.8 Å². The standard InChI is InChI=1S/C54H104O6/c1-6-8-9-10-11-12-17-24-29-34-39-44-52(55)58-47-51(48-59-53(56)45-40-35-30-25-21-20-22-27-32-37-42-49(3)4)60-54(57)46-41-36-31-26-19-16-14-13-15-18-23-28-33-38-43-50(5)7-2/h49-51H,6-48H2,1-5H3/t50?,51-/m1/s1. The summed E-state index contributed by atoms with van der Waals surface area (Å²) in [4.78, 5) is 38.0. The molecule has 60 heavy (non-hydrogen) atoms. The third-order valence-electron chi connectivity index (χ3n) is 12.6. The second-order valence-electron chi connectivity index (χ2n) is 19.2. The van der Waals surface area contributed by atoms with Crippen molar-refractivity contribution in [3.05, 3.63) is 0 Å². The minimum Gasteiger partial charge on any atom is -0.462 e. The molecule has 0 aromatic rings. The van der Waals surface area contributed by atoms with Crippen LogP contribution < -0.4 is 0 Å². The van der Waals surface area contributed by atoms with E-state index in [0.29, 0.717) is 19.3 Å². The van der Waals surface area contributed by atoms with Crippen LogP contribution in [0.4, 0.5) is 0 Å². The molecular weight excluding hydrogens is 745 g/mol. The molecule has 1 unspecified atom stereocenters. The van der Waals surface area contributed by atoms with Gasteiger partial charge in [0.2, 0.25) is 0 Å². The SMILES string of the molecule is CCCCCCCCCCCCCC(=O)OC[C@H](COC(=O)CCCCCCCCCCCCC(C)C)OC(=O)CCCCCCCCCCCCCCCCC(C)CC. The topological polar surface area (TPSA) is 78.9 Å². The molecule has 2 atom stereocenters. The fraction of sp³-hybridized carbons (Fsp3) is 0.944. The fourth-order valence-corrected chi connectivity index (χ4v) is 8.13. The molecule has 0 saturated carbocycles. The van der Waals surface area contributed by atoms with Gasteiger partial charge in [0.25, 0.3) is 0 Å². The van der Waals surface area contributed by atoms with Crippen LogP contribution in [-0.2, 0) is 28.6 Å². The first-order chi connectivity index (χ1) is 29.3. The minimum absolute atomic E-state index is 0.0635. The van der Waals surface area contributed by atoms with Crippen molar-refractivity contribution in [2.24, 2.45) is 11.8 Å². The average Bonchev–Trinajstić information content (AvgIpc) is 3.23. The van der Waals surface area contributed by atoms with Gasteiger partial charge in [-0.05, 0) is 31.1 Å². The van der Waals surface area contributed by atoms with Crippen molar-refractivity contribution >= 4 is 17.9 Å². The lowest BCUT2D eigenvalue weighted by Gasteiger charge is -2.18. The Morgan fingerprint density at radius 3 is 0.950 bits per heavy atom. The Morgan fingerprint density at radius 1 is 0.350 bits per heavy atom. The van der Waals surface area contributed by atoms with Crippen LogP contribution in [0.25, 0.3) is 0 Å². The molecule has 0 spiro atoms. The smallest absolute Gasteiger partial charge is 0.306 e. The third-order valence-corrected chi connectivity index (χ3v) is 12.6. The van der Waals surface area contributed by atoms with E-state index in [4.69, 9.17) is 14.2 Å². The predicted octanol–water partition coefficient (Wildman–Crippen LogP) is 17.3. The van der Waals surface area contributed by atoms with Crippen LogP contribution in [0.2, 0.25) is 0 Å². The fourth-order valence-electron chi connectivity index (χ4n) is 8.13. The van der Waals surface area contributed by atoms with Crippen LogP contribution in [-0.4, -0.2) is 37.2 Å². The van der Waals surface area contributed by atoms with Crippen molar-refractivity contribution in [3.8, 4) is 0 Å². The first-order valence-corrected chi connectivity index (χ1v) is 26.8. The zero-order chi connectivity index (χ0) is 44.0. The van der Waals surface area contributed by atoms with Crippen molar-refractivity contribution < 1.29 is 28.6 Å². The van der Waals surface area contributed by atoms with Gasteiger partial charge in [0.15, 0.2) is 6.10 Å². The zero-order valence-electron chi connectivity index (χ0n) is 41.1. The molecule has 0 bridgehead atoms. The average molecular weight is 849 g/mol. The molecule has 0 heterocycles.